The standard InChI is InChI=1S/C23H22F3N3O2/c1-2-12-31-21-11-10-16-6-3-4-9-19(16)20(21)14-28-29-22(30)15-27-18-8-5-7-17(13-18)23(24,25)26/h3-11,13-14,27H,2,12,15H2,1H3,(H,29,30)/b28-14-. The number of amides is 1. The van der Waals surface area contributed by atoms with Crippen molar-refractivity contribution in [2.24, 2.45) is 5.10 Å². The minimum Gasteiger partial charge on any atom is -0.493 e. The van der Waals surface area contributed by atoms with Gasteiger partial charge >= 0.3 is 6.18 Å². The molecule has 0 bridgehead atoms. The molecule has 0 aromatic heterocycles. The lowest BCUT2D eigenvalue weighted by atomic mass is 10.0. The lowest BCUT2D eigenvalue weighted by molar-refractivity contribution is -0.137. The summed E-state index contributed by atoms with van der Waals surface area (Å²) in [6, 6.07) is 16.2. The zero-order valence-electron chi connectivity index (χ0n) is 16.9. The third kappa shape index (κ3) is 5.97. The molecule has 162 valence electrons. The summed E-state index contributed by atoms with van der Waals surface area (Å²) >= 11 is 0. The fourth-order valence-electron chi connectivity index (χ4n) is 2.94. The molecule has 2 N–H and O–H groups in total. The number of anilines is 1. The summed E-state index contributed by atoms with van der Waals surface area (Å²) in [4.78, 5) is 12.1. The van der Waals surface area contributed by atoms with Crippen LogP contribution in [0.25, 0.3) is 10.8 Å². The number of carbonyl (C=O) groups excluding carboxylic acids is 1. The van der Waals surface area contributed by atoms with E-state index in [1.165, 1.54) is 18.3 Å². The van der Waals surface area contributed by atoms with E-state index < -0.39 is 17.6 Å². The number of alkyl halides is 3. The van der Waals surface area contributed by atoms with Gasteiger partial charge in [-0.15, -0.1) is 0 Å². The second-order valence-electron chi connectivity index (χ2n) is 6.77. The van der Waals surface area contributed by atoms with E-state index in [1.807, 2.05) is 43.3 Å². The summed E-state index contributed by atoms with van der Waals surface area (Å²) in [6.45, 7) is 2.33. The lowest BCUT2D eigenvalue weighted by Gasteiger charge is -2.11. The van der Waals surface area contributed by atoms with Crippen molar-refractivity contribution in [1.82, 2.24) is 5.43 Å². The van der Waals surface area contributed by atoms with E-state index in [-0.39, 0.29) is 12.2 Å². The molecule has 8 heteroatoms. The second-order valence-corrected chi connectivity index (χ2v) is 6.77. The Morgan fingerprint density at radius 2 is 1.90 bits per heavy atom. The number of ether oxygens (including phenoxy) is 1. The molecule has 0 aliphatic rings. The third-order valence-electron chi connectivity index (χ3n) is 4.42. The van der Waals surface area contributed by atoms with Gasteiger partial charge in [0.25, 0.3) is 5.91 Å². The van der Waals surface area contributed by atoms with Crippen molar-refractivity contribution in [3.05, 3.63) is 71.8 Å². The van der Waals surface area contributed by atoms with Gasteiger partial charge < -0.3 is 10.1 Å². The van der Waals surface area contributed by atoms with Gasteiger partial charge in [0.2, 0.25) is 0 Å². The summed E-state index contributed by atoms with van der Waals surface area (Å²) in [7, 11) is 0. The predicted molar refractivity (Wildman–Crippen MR) is 115 cm³/mol. The number of nitrogens with one attached hydrogen (secondary N) is 2. The van der Waals surface area contributed by atoms with E-state index in [9.17, 15) is 18.0 Å². The predicted octanol–water partition coefficient (Wildman–Crippen LogP) is 5.21. The number of benzene rings is 3. The maximum absolute atomic E-state index is 12.8. The van der Waals surface area contributed by atoms with E-state index in [0.717, 1.165) is 34.9 Å². The maximum Gasteiger partial charge on any atom is 0.416 e. The first kappa shape index (κ1) is 22.1. The highest BCUT2D eigenvalue weighted by molar-refractivity contribution is 6.02. The molecule has 3 aromatic carbocycles. The second kappa shape index (κ2) is 9.97. The van der Waals surface area contributed by atoms with E-state index in [4.69, 9.17) is 4.74 Å². The van der Waals surface area contributed by atoms with Gasteiger partial charge in [0.1, 0.15) is 5.75 Å². The number of nitrogens with zero attached hydrogens (tertiary/aromatic N) is 1. The Morgan fingerprint density at radius 1 is 1.10 bits per heavy atom. The van der Waals surface area contributed by atoms with Crippen molar-refractivity contribution in [2.75, 3.05) is 18.5 Å². The van der Waals surface area contributed by atoms with Crippen LogP contribution in [0.5, 0.6) is 5.75 Å². The van der Waals surface area contributed by atoms with Gasteiger partial charge in [0, 0.05) is 11.3 Å². The SMILES string of the molecule is CCCOc1ccc2ccccc2c1/C=N\NC(=O)CNc1cccc(C(F)(F)F)c1. The van der Waals surface area contributed by atoms with Gasteiger partial charge in [-0.2, -0.15) is 18.3 Å². The molecule has 5 nitrogen and oxygen atoms in total. The van der Waals surface area contributed by atoms with Crippen LogP contribution in [0.1, 0.15) is 24.5 Å². The molecule has 0 atom stereocenters. The molecule has 3 aromatic rings. The van der Waals surface area contributed by atoms with Crippen LogP contribution in [0, 0.1) is 0 Å². The molecule has 0 saturated carbocycles. The lowest BCUT2D eigenvalue weighted by Crippen LogP contribution is -2.26. The van der Waals surface area contributed by atoms with Crippen molar-refractivity contribution in [2.45, 2.75) is 19.5 Å². The molecule has 3 rings (SSSR count). The Balaban J connectivity index is 1.66. The molecule has 1 amide bonds. The van der Waals surface area contributed by atoms with Gasteiger partial charge in [-0.3, -0.25) is 4.79 Å². The highest BCUT2D eigenvalue weighted by Gasteiger charge is 2.30. The summed E-state index contributed by atoms with van der Waals surface area (Å²) in [5, 5.41) is 8.60. The molecular weight excluding hydrogens is 407 g/mol. The van der Waals surface area contributed by atoms with E-state index in [0.29, 0.717) is 12.4 Å². The largest absolute Gasteiger partial charge is 0.493 e. The highest BCUT2D eigenvalue weighted by atomic mass is 19.4. The molecular formula is C23H22F3N3O2. The highest BCUT2D eigenvalue weighted by Crippen LogP contribution is 2.30. The van der Waals surface area contributed by atoms with Crippen LogP contribution in [-0.2, 0) is 11.0 Å². The van der Waals surface area contributed by atoms with Crippen molar-refractivity contribution in [3.8, 4) is 5.75 Å². The number of carbonyl (C=O) groups is 1. The Morgan fingerprint density at radius 3 is 2.68 bits per heavy atom. The first-order valence-corrected chi connectivity index (χ1v) is 9.76. The quantitative estimate of drug-likeness (QED) is 0.382. The van der Waals surface area contributed by atoms with Gasteiger partial charge in [-0.05, 0) is 41.5 Å². The zero-order chi connectivity index (χ0) is 22.3. The molecule has 0 aliphatic heterocycles. The molecule has 0 spiro atoms. The molecule has 0 unspecified atom stereocenters. The van der Waals surface area contributed by atoms with E-state index in [2.05, 4.69) is 15.8 Å². The summed E-state index contributed by atoms with van der Waals surface area (Å²) < 4.78 is 44.1. The van der Waals surface area contributed by atoms with Crippen LogP contribution >= 0.6 is 0 Å². The van der Waals surface area contributed by atoms with Crippen LogP contribution in [0.15, 0.2) is 65.8 Å². The number of fused-ring (bicyclic) bond motifs is 1. The topological polar surface area (TPSA) is 62.7 Å². The average Bonchev–Trinajstić information content (AvgIpc) is 2.76. The van der Waals surface area contributed by atoms with Crippen LogP contribution in [0.3, 0.4) is 0 Å². The summed E-state index contributed by atoms with van der Waals surface area (Å²) in [6.07, 6.45) is -2.09. The van der Waals surface area contributed by atoms with Gasteiger partial charge in [-0.25, -0.2) is 5.43 Å². The van der Waals surface area contributed by atoms with Gasteiger partial charge in [0.05, 0.1) is 24.9 Å². The fraction of sp³-hybridized carbons (Fsp3) is 0.217. The van der Waals surface area contributed by atoms with Crippen LogP contribution in [0.4, 0.5) is 18.9 Å². The number of hydrogen-bond acceptors (Lipinski definition) is 4. The van der Waals surface area contributed by atoms with Crippen molar-refractivity contribution >= 4 is 28.6 Å². The molecule has 0 heterocycles. The molecule has 0 aliphatic carbocycles. The fourth-order valence-corrected chi connectivity index (χ4v) is 2.94. The van der Waals surface area contributed by atoms with Crippen molar-refractivity contribution in [1.29, 1.82) is 0 Å². The van der Waals surface area contributed by atoms with Crippen LogP contribution in [-0.4, -0.2) is 25.3 Å². The van der Waals surface area contributed by atoms with Crippen molar-refractivity contribution in [3.63, 3.8) is 0 Å². The number of hydrazone groups is 1. The Labute approximate surface area is 177 Å². The Kier molecular flexibility index (Phi) is 7.12. The number of rotatable bonds is 8. The third-order valence-corrected chi connectivity index (χ3v) is 4.42. The molecule has 0 saturated heterocycles. The monoisotopic (exact) mass is 429 g/mol. The smallest absolute Gasteiger partial charge is 0.416 e. The summed E-state index contributed by atoms with van der Waals surface area (Å²) in [5.74, 6) is 0.158. The summed E-state index contributed by atoms with van der Waals surface area (Å²) in [5.41, 5.74) is 2.53. The first-order chi connectivity index (χ1) is 14.9. The van der Waals surface area contributed by atoms with Gasteiger partial charge in [-0.1, -0.05) is 43.3 Å². The number of hydrogen-bond donors (Lipinski definition) is 2. The minimum absolute atomic E-state index is 0.193. The normalized spacial score (nSPS) is 11.6. The molecule has 0 fully saturated rings. The number of halogens is 3. The first-order valence-electron chi connectivity index (χ1n) is 9.76. The van der Waals surface area contributed by atoms with Crippen LogP contribution in [0.2, 0.25) is 0 Å². The van der Waals surface area contributed by atoms with E-state index in [1.54, 1.807) is 0 Å². The molecule has 31 heavy (non-hydrogen) atoms. The Hall–Kier alpha value is -3.55. The average molecular weight is 429 g/mol. The molecule has 0 radical (unpaired) electrons. The van der Waals surface area contributed by atoms with Crippen LogP contribution < -0.4 is 15.5 Å². The van der Waals surface area contributed by atoms with E-state index >= 15 is 0 Å². The maximum atomic E-state index is 12.8. The Bertz CT molecular complexity index is 1080. The zero-order valence-corrected chi connectivity index (χ0v) is 16.9. The van der Waals surface area contributed by atoms with Crippen molar-refractivity contribution < 1.29 is 22.7 Å². The minimum atomic E-state index is -4.44. The van der Waals surface area contributed by atoms with Gasteiger partial charge in [0.15, 0.2) is 0 Å².